The summed E-state index contributed by atoms with van der Waals surface area (Å²) in [6.07, 6.45) is 12.9. The molecule has 1 heterocycles. The van der Waals surface area contributed by atoms with Crippen LogP contribution in [0.25, 0.3) is 21.9 Å². The van der Waals surface area contributed by atoms with Crippen LogP contribution in [0, 0.1) is 0 Å². The van der Waals surface area contributed by atoms with Crippen LogP contribution in [0.15, 0.2) is 48.5 Å². The highest BCUT2D eigenvalue weighted by Crippen LogP contribution is 2.57. The van der Waals surface area contributed by atoms with Gasteiger partial charge in [0.25, 0.3) is 0 Å². The summed E-state index contributed by atoms with van der Waals surface area (Å²) in [7, 11) is 0. The van der Waals surface area contributed by atoms with Crippen molar-refractivity contribution in [2.24, 2.45) is 0 Å². The second-order valence-corrected chi connectivity index (χ2v) is 9.99. The number of anilines is 1. The van der Waals surface area contributed by atoms with Crippen LogP contribution in [-0.2, 0) is 5.41 Å². The summed E-state index contributed by atoms with van der Waals surface area (Å²) in [6, 6.07) is 18.0. The summed E-state index contributed by atoms with van der Waals surface area (Å²) in [5.74, 6) is 0.452. The molecule has 0 atom stereocenters. The van der Waals surface area contributed by atoms with E-state index in [0.717, 1.165) is 18.5 Å². The number of fused-ring (bicyclic) bond motifs is 7. The maximum absolute atomic E-state index is 11.1. The Bertz CT molecular complexity index is 1120. The third kappa shape index (κ3) is 2.98. The molecule has 0 radical (unpaired) electrons. The normalized spacial score (nSPS) is 20.3. The van der Waals surface area contributed by atoms with Crippen molar-refractivity contribution >= 4 is 16.5 Å². The molecule has 1 saturated heterocycles. The molecule has 3 aromatic rings. The highest BCUT2D eigenvalue weighted by Gasteiger charge is 2.43. The summed E-state index contributed by atoms with van der Waals surface area (Å²) in [4.78, 5) is 2.53. The number of hydrogen-bond acceptors (Lipinski definition) is 2. The Morgan fingerprint density at radius 1 is 0.677 bits per heavy atom. The molecule has 3 aliphatic rings. The van der Waals surface area contributed by atoms with Crippen molar-refractivity contribution in [3.05, 3.63) is 59.7 Å². The van der Waals surface area contributed by atoms with Gasteiger partial charge in [0.15, 0.2) is 0 Å². The van der Waals surface area contributed by atoms with Crippen molar-refractivity contribution in [2.45, 2.75) is 69.6 Å². The molecule has 0 amide bonds. The second-order valence-electron chi connectivity index (χ2n) is 9.99. The van der Waals surface area contributed by atoms with E-state index in [9.17, 15) is 5.11 Å². The maximum Gasteiger partial charge on any atom is 0.123 e. The fraction of sp³-hybridized carbons (Fsp3) is 0.448. The molecule has 160 valence electrons. The number of piperidine rings is 1. The van der Waals surface area contributed by atoms with Crippen LogP contribution in [0.5, 0.6) is 5.75 Å². The zero-order valence-electron chi connectivity index (χ0n) is 18.5. The Balaban J connectivity index is 1.60. The van der Waals surface area contributed by atoms with Crippen LogP contribution in [0.3, 0.4) is 0 Å². The van der Waals surface area contributed by atoms with Crippen LogP contribution in [0.1, 0.15) is 75.3 Å². The summed E-state index contributed by atoms with van der Waals surface area (Å²) in [5.41, 5.74) is 7.07. The number of phenols is 1. The molecule has 2 heteroatoms. The zero-order valence-corrected chi connectivity index (χ0v) is 18.5. The van der Waals surface area contributed by atoms with Crippen molar-refractivity contribution in [1.82, 2.24) is 0 Å². The van der Waals surface area contributed by atoms with Crippen LogP contribution >= 0.6 is 0 Å². The van der Waals surface area contributed by atoms with Crippen molar-refractivity contribution in [3.63, 3.8) is 0 Å². The Hall–Kier alpha value is -2.48. The van der Waals surface area contributed by atoms with Gasteiger partial charge in [0.2, 0.25) is 0 Å². The van der Waals surface area contributed by atoms with E-state index in [1.807, 2.05) is 0 Å². The summed E-state index contributed by atoms with van der Waals surface area (Å²) in [5, 5.41) is 13.4. The molecule has 2 nitrogen and oxygen atoms in total. The van der Waals surface area contributed by atoms with Gasteiger partial charge in [-0.15, -0.1) is 0 Å². The number of phenolic OH excluding ortho intramolecular Hbond substituents is 1. The average molecular weight is 412 g/mol. The van der Waals surface area contributed by atoms with Gasteiger partial charge in [-0.25, -0.2) is 0 Å². The predicted molar refractivity (Wildman–Crippen MR) is 130 cm³/mol. The topological polar surface area (TPSA) is 23.5 Å². The van der Waals surface area contributed by atoms with Crippen molar-refractivity contribution < 1.29 is 5.11 Å². The van der Waals surface area contributed by atoms with Gasteiger partial charge in [-0.05, 0) is 84.0 Å². The fourth-order valence-corrected chi connectivity index (χ4v) is 6.72. The van der Waals surface area contributed by atoms with Gasteiger partial charge in [-0.3, -0.25) is 0 Å². The second kappa shape index (κ2) is 7.58. The Kier molecular flexibility index (Phi) is 4.70. The lowest BCUT2D eigenvalue weighted by atomic mass is 9.69. The van der Waals surface area contributed by atoms with E-state index in [4.69, 9.17) is 0 Å². The van der Waals surface area contributed by atoms with Gasteiger partial charge < -0.3 is 10.0 Å². The number of aromatic hydroxyl groups is 1. The van der Waals surface area contributed by atoms with E-state index in [0.29, 0.717) is 5.75 Å². The van der Waals surface area contributed by atoms with Crippen LogP contribution in [-0.4, -0.2) is 18.2 Å². The first-order valence-corrected chi connectivity index (χ1v) is 12.4. The van der Waals surface area contributed by atoms with Crippen molar-refractivity contribution in [2.75, 3.05) is 18.0 Å². The molecule has 0 bridgehead atoms. The molecule has 3 aromatic carbocycles. The molecule has 1 aliphatic heterocycles. The lowest BCUT2D eigenvalue weighted by Gasteiger charge is -2.34. The minimum absolute atomic E-state index is 0.0686. The monoisotopic (exact) mass is 411 g/mol. The molecule has 1 saturated carbocycles. The Labute approximate surface area is 185 Å². The van der Waals surface area contributed by atoms with Gasteiger partial charge in [0.05, 0.1) is 0 Å². The van der Waals surface area contributed by atoms with Gasteiger partial charge in [0, 0.05) is 29.6 Å². The molecule has 1 N–H and O–H groups in total. The van der Waals surface area contributed by atoms with Crippen molar-refractivity contribution in [3.8, 4) is 16.9 Å². The molecule has 6 rings (SSSR count). The number of rotatable bonds is 1. The van der Waals surface area contributed by atoms with E-state index in [1.54, 1.807) is 0 Å². The predicted octanol–water partition coefficient (Wildman–Crippen LogP) is 7.55. The molecule has 31 heavy (non-hydrogen) atoms. The molecule has 2 fully saturated rings. The van der Waals surface area contributed by atoms with Gasteiger partial charge >= 0.3 is 0 Å². The van der Waals surface area contributed by atoms with Gasteiger partial charge in [-0.2, -0.15) is 0 Å². The fourth-order valence-electron chi connectivity index (χ4n) is 6.72. The smallest absolute Gasteiger partial charge is 0.123 e. The molecule has 0 unspecified atom stereocenters. The third-order valence-electron chi connectivity index (χ3n) is 8.25. The largest absolute Gasteiger partial charge is 0.507 e. The minimum atomic E-state index is 0.0686. The Morgan fingerprint density at radius 3 is 2.19 bits per heavy atom. The number of nitrogens with zero attached hydrogens (tertiary/aromatic N) is 1. The first kappa shape index (κ1) is 19.2. The summed E-state index contributed by atoms with van der Waals surface area (Å²) < 4.78 is 0. The van der Waals surface area contributed by atoms with Gasteiger partial charge in [-0.1, -0.05) is 56.4 Å². The van der Waals surface area contributed by atoms with E-state index in [-0.39, 0.29) is 5.41 Å². The summed E-state index contributed by atoms with van der Waals surface area (Å²) >= 11 is 0. The summed E-state index contributed by atoms with van der Waals surface area (Å²) in [6.45, 7) is 2.29. The molecule has 1 spiro atoms. The highest BCUT2D eigenvalue weighted by atomic mass is 16.3. The van der Waals surface area contributed by atoms with Crippen LogP contribution in [0.2, 0.25) is 0 Å². The number of benzene rings is 3. The first-order chi connectivity index (χ1) is 15.3. The van der Waals surface area contributed by atoms with Gasteiger partial charge in [0.1, 0.15) is 5.75 Å². The third-order valence-corrected chi connectivity index (χ3v) is 8.25. The number of hydrogen-bond donors (Lipinski definition) is 1. The molecular formula is C29H33NO. The zero-order chi connectivity index (χ0) is 20.8. The molecular weight excluding hydrogens is 378 g/mol. The Morgan fingerprint density at radius 2 is 1.39 bits per heavy atom. The minimum Gasteiger partial charge on any atom is -0.507 e. The van der Waals surface area contributed by atoms with Crippen LogP contribution in [0.4, 0.5) is 5.69 Å². The van der Waals surface area contributed by atoms with E-state index in [2.05, 4.69) is 53.4 Å². The quantitative estimate of drug-likeness (QED) is 0.447. The average Bonchev–Trinajstić information content (AvgIpc) is 3.07. The highest BCUT2D eigenvalue weighted by molar-refractivity contribution is 6.06. The standard InChI is InChI=1S/C29H33NO/c31-27-20-26-28(24-19-21(13-14-22(24)27)30-17-9-4-10-18-30)23-11-5-6-12-25(23)29(26)15-7-2-1-3-8-16-29/h5-6,11-14,19-20,31H,1-4,7-10,15-18H2. The van der Waals surface area contributed by atoms with E-state index in [1.165, 1.54) is 97.5 Å². The van der Waals surface area contributed by atoms with E-state index < -0.39 is 0 Å². The maximum atomic E-state index is 11.1. The SMILES string of the molecule is Oc1cc2c(c3cc(N4CCCCC4)ccc13)-c1ccccc1C21CCCCCCC1. The molecule has 0 aromatic heterocycles. The lowest BCUT2D eigenvalue weighted by molar-refractivity contribution is 0.372. The van der Waals surface area contributed by atoms with Crippen LogP contribution < -0.4 is 4.90 Å². The van der Waals surface area contributed by atoms with E-state index >= 15 is 0 Å². The molecule has 2 aliphatic carbocycles. The first-order valence-electron chi connectivity index (χ1n) is 12.4. The lowest BCUT2D eigenvalue weighted by Crippen LogP contribution is -2.29. The van der Waals surface area contributed by atoms with Crippen molar-refractivity contribution in [1.29, 1.82) is 0 Å².